The highest BCUT2D eigenvalue weighted by Gasteiger charge is 2.21. The molecule has 2 N–H and O–H groups in total. The third kappa shape index (κ3) is 7.21. The second kappa shape index (κ2) is 11.8. The summed E-state index contributed by atoms with van der Waals surface area (Å²) in [5.41, 5.74) is 0.997. The van der Waals surface area contributed by atoms with Gasteiger partial charge in [-0.15, -0.1) is 35.3 Å². The number of likely N-dealkylation sites (tertiary alicyclic amines) is 1. The molecule has 162 valence electrons. The Balaban J connectivity index is 0.00000300. The number of rotatable bonds is 7. The maximum atomic E-state index is 5.72. The number of aryl methyl sites for hydroxylation is 3. The van der Waals surface area contributed by atoms with Gasteiger partial charge in [-0.05, 0) is 52.1 Å². The maximum absolute atomic E-state index is 5.72. The summed E-state index contributed by atoms with van der Waals surface area (Å²) in [4.78, 5) is 17.0. The molecule has 1 saturated heterocycles. The van der Waals surface area contributed by atoms with E-state index in [1.165, 1.54) is 17.7 Å². The predicted molar refractivity (Wildman–Crippen MR) is 129 cm³/mol. The number of aliphatic imine (C=N–C) groups is 1. The first-order valence-electron chi connectivity index (χ1n) is 10.1. The van der Waals surface area contributed by atoms with Gasteiger partial charge in [-0.2, -0.15) is 0 Å². The minimum Gasteiger partial charge on any atom is -0.444 e. The van der Waals surface area contributed by atoms with Crippen LogP contribution in [0.5, 0.6) is 0 Å². The van der Waals surface area contributed by atoms with Crippen LogP contribution >= 0.6 is 35.3 Å². The number of halogens is 1. The Bertz CT molecular complexity index is 762. The number of guanidine groups is 1. The molecule has 0 unspecified atom stereocenters. The van der Waals surface area contributed by atoms with Crippen molar-refractivity contribution in [3.05, 3.63) is 33.4 Å². The van der Waals surface area contributed by atoms with Crippen LogP contribution in [0.3, 0.4) is 0 Å². The van der Waals surface area contributed by atoms with Crippen LogP contribution in [-0.4, -0.2) is 47.5 Å². The van der Waals surface area contributed by atoms with E-state index in [2.05, 4.69) is 37.4 Å². The highest BCUT2D eigenvalue weighted by molar-refractivity contribution is 14.0. The number of hydrogen-bond donors (Lipinski definition) is 2. The second-order valence-electron chi connectivity index (χ2n) is 7.35. The molecule has 0 aromatic carbocycles. The van der Waals surface area contributed by atoms with Crippen LogP contribution in [0.25, 0.3) is 0 Å². The van der Waals surface area contributed by atoms with Gasteiger partial charge >= 0.3 is 0 Å². The Kier molecular flexibility index (Phi) is 9.84. The normalized spacial score (nSPS) is 15.9. The summed E-state index contributed by atoms with van der Waals surface area (Å²) in [6.45, 7) is 10.8. The summed E-state index contributed by atoms with van der Waals surface area (Å²) >= 11 is 1.76. The van der Waals surface area contributed by atoms with E-state index >= 15 is 0 Å². The van der Waals surface area contributed by atoms with E-state index in [0.717, 1.165) is 67.5 Å². The molecule has 7 nitrogen and oxygen atoms in total. The zero-order chi connectivity index (χ0) is 19.9. The molecule has 0 atom stereocenters. The lowest BCUT2D eigenvalue weighted by molar-refractivity contribution is 0.164. The monoisotopic (exact) mass is 532 g/mol. The van der Waals surface area contributed by atoms with Crippen molar-refractivity contribution in [1.29, 1.82) is 0 Å². The van der Waals surface area contributed by atoms with Crippen molar-refractivity contribution in [2.24, 2.45) is 10.9 Å². The summed E-state index contributed by atoms with van der Waals surface area (Å²) < 4.78 is 5.72. The van der Waals surface area contributed by atoms with Crippen LogP contribution < -0.4 is 10.6 Å². The second-order valence-corrected chi connectivity index (χ2v) is 8.55. The molecule has 0 bridgehead atoms. The number of piperidine rings is 1. The van der Waals surface area contributed by atoms with Crippen LogP contribution in [0.15, 0.2) is 15.6 Å². The molecule has 3 heterocycles. The average molecular weight is 532 g/mol. The first kappa shape index (κ1) is 24.1. The average Bonchev–Trinajstić information content (AvgIpc) is 3.29. The fourth-order valence-corrected chi connectivity index (χ4v) is 4.16. The summed E-state index contributed by atoms with van der Waals surface area (Å²) in [7, 11) is 1.82. The van der Waals surface area contributed by atoms with Gasteiger partial charge in [0.2, 0.25) is 5.89 Å². The molecular weight excluding hydrogens is 499 g/mol. The summed E-state index contributed by atoms with van der Waals surface area (Å²) in [5.74, 6) is 3.28. The van der Waals surface area contributed by atoms with Crippen molar-refractivity contribution < 1.29 is 4.42 Å². The highest BCUT2D eigenvalue weighted by atomic mass is 127. The van der Waals surface area contributed by atoms with Gasteiger partial charge < -0.3 is 15.1 Å². The molecule has 0 amide bonds. The lowest BCUT2D eigenvalue weighted by atomic mass is 9.97. The van der Waals surface area contributed by atoms with Crippen LogP contribution in [0.1, 0.15) is 47.0 Å². The van der Waals surface area contributed by atoms with Crippen molar-refractivity contribution in [3.8, 4) is 0 Å². The molecule has 29 heavy (non-hydrogen) atoms. The van der Waals surface area contributed by atoms with Gasteiger partial charge in [0.1, 0.15) is 10.8 Å². The van der Waals surface area contributed by atoms with Crippen LogP contribution in [-0.2, 0) is 19.5 Å². The van der Waals surface area contributed by atoms with E-state index in [1.807, 2.05) is 27.1 Å². The molecule has 0 saturated carbocycles. The van der Waals surface area contributed by atoms with Crippen molar-refractivity contribution in [2.45, 2.75) is 53.1 Å². The number of oxazole rings is 1. The SMILES string of the molecule is CCc1cnc(CNC(=NC)NCC2CCN(Cc3nc(C)c(C)o3)CC2)s1.I. The van der Waals surface area contributed by atoms with E-state index in [9.17, 15) is 0 Å². The number of hydrogen-bond acceptors (Lipinski definition) is 6. The molecule has 9 heteroatoms. The molecule has 0 aliphatic carbocycles. The van der Waals surface area contributed by atoms with Crippen LogP contribution in [0, 0.1) is 19.8 Å². The number of nitrogens with one attached hydrogen (secondary N) is 2. The van der Waals surface area contributed by atoms with Gasteiger partial charge in [-0.25, -0.2) is 9.97 Å². The Morgan fingerprint density at radius 3 is 2.66 bits per heavy atom. The first-order chi connectivity index (χ1) is 13.6. The van der Waals surface area contributed by atoms with E-state index in [4.69, 9.17) is 4.42 Å². The molecule has 1 aliphatic rings. The van der Waals surface area contributed by atoms with E-state index in [0.29, 0.717) is 5.92 Å². The van der Waals surface area contributed by atoms with Crippen molar-refractivity contribution in [1.82, 2.24) is 25.5 Å². The van der Waals surface area contributed by atoms with Crippen LogP contribution in [0.2, 0.25) is 0 Å². The molecule has 0 spiro atoms. The molecule has 1 fully saturated rings. The van der Waals surface area contributed by atoms with Crippen LogP contribution in [0.4, 0.5) is 0 Å². The zero-order valence-corrected chi connectivity index (χ0v) is 21.0. The lowest BCUT2D eigenvalue weighted by Gasteiger charge is -2.31. The van der Waals surface area contributed by atoms with Gasteiger partial charge in [0, 0.05) is 24.7 Å². The van der Waals surface area contributed by atoms with E-state index < -0.39 is 0 Å². The largest absolute Gasteiger partial charge is 0.444 e. The van der Waals surface area contributed by atoms with Gasteiger partial charge in [0.15, 0.2) is 5.96 Å². The third-order valence-electron chi connectivity index (χ3n) is 5.28. The number of nitrogens with zero attached hydrogens (tertiary/aromatic N) is 4. The fraction of sp³-hybridized carbons (Fsp3) is 0.650. The Morgan fingerprint density at radius 1 is 1.31 bits per heavy atom. The van der Waals surface area contributed by atoms with Crippen molar-refractivity contribution >= 4 is 41.3 Å². The fourth-order valence-electron chi connectivity index (χ4n) is 3.36. The Hall–Kier alpha value is -1.20. The molecule has 2 aromatic heterocycles. The minimum atomic E-state index is 0. The quantitative estimate of drug-likeness (QED) is 0.323. The minimum absolute atomic E-state index is 0. The highest BCUT2D eigenvalue weighted by Crippen LogP contribution is 2.19. The van der Waals surface area contributed by atoms with E-state index in [-0.39, 0.29) is 24.0 Å². The smallest absolute Gasteiger partial charge is 0.208 e. The molecule has 3 rings (SSSR count). The topological polar surface area (TPSA) is 78.6 Å². The van der Waals surface area contributed by atoms with Gasteiger partial charge in [0.05, 0.1) is 18.8 Å². The summed E-state index contributed by atoms with van der Waals surface area (Å²) in [5, 5.41) is 7.94. The lowest BCUT2D eigenvalue weighted by Crippen LogP contribution is -2.42. The standard InChI is InChI=1S/C20H32N6OS.HI/c1-5-17-11-22-19(28-17)12-24-20(21-4)23-10-16-6-8-26(9-7-16)13-18-25-14(2)15(3)27-18;/h11,16H,5-10,12-13H2,1-4H3,(H2,21,23,24);1H. The number of thiazole rings is 1. The Morgan fingerprint density at radius 2 is 2.07 bits per heavy atom. The van der Waals surface area contributed by atoms with Crippen molar-refractivity contribution in [3.63, 3.8) is 0 Å². The molecule has 2 aromatic rings. The Labute approximate surface area is 194 Å². The molecular formula is C20H33IN6OS. The van der Waals surface area contributed by atoms with Crippen molar-refractivity contribution in [2.75, 3.05) is 26.7 Å². The van der Waals surface area contributed by atoms with Gasteiger partial charge in [-0.3, -0.25) is 9.89 Å². The third-order valence-corrected chi connectivity index (χ3v) is 6.42. The maximum Gasteiger partial charge on any atom is 0.208 e. The number of aromatic nitrogens is 2. The summed E-state index contributed by atoms with van der Waals surface area (Å²) in [6.07, 6.45) is 5.36. The zero-order valence-electron chi connectivity index (χ0n) is 17.8. The predicted octanol–water partition coefficient (Wildman–Crippen LogP) is 3.51. The first-order valence-corrected chi connectivity index (χ1v) is 10.9. The molecule has 1 aliphatic heterocycles. The van der Waals surface area contributed by atoms with E-state index in [1.54, 1.807) is 11.3 Å². The summed E-state index contributed by atoms with van der Waals surface area (Å²) in [6, 6.07) is 0. The van der Waals surface area contributed by atoms with Gasteiger partial charge in [0.25, 0.3) is 0 Å². The van der Waals surface area contributed by atoms with Gasteiger partial charge in [-0.1, -0.05) is 6.92 Å². The molecule has 0 radical (unpaired) electrons.